The third-order valence-corrected chi connectivity index (χ3v) is 4.58. The Morgan fingerprint density at radius 1 is 1.18 bits per heavy atom. The SMILES string of the molecule is O=C(N[C@@H]1CC2CCC1N2)c1ccc(-c2ccc(F)cc2)o1. The summed E-state index contributed by atoms with van der Waals surface area (Å²) in [4.78, 5) is 12.3. The number of halogens is 1. The zero-order valence-electron chi connectivity index (χ0n) is 12.0. The molecule has 0 aliphatic carbocycles. The van der Waals surface area contributed by atoms with Gasteiger partial charge >= 0.3 is 0 Å². The second kappa shape index (κ2) is 5.25. The standard InChI is InChI=1S/C17H17FN2O2/c18-11-3-1-10(2-4-11)15-7-8-16(22-15)17(21)20-14-9-12-5-6-13(14)19-12/h1-4,7-8,12-14,19H,5-6,9H2,(H,20,21)/t12?,13?,14-/m1/s1. The molecular weight excluding hydrogens is 283 g/mol. The first kappa shape index (κ1) is 13.5. The van der Waals surface area contributed by atoms with Crippen molar-refractivity contribution in [1.82, 2.24) is 10.6 Å². The molecule has 2 bridgehead atoms. The molecule has 1 amide bonds. The predicted molar refractivity (Wildman–Crippen MR) is 79.9 cm³/mol. The molecule has 2 aliphatic heterocycles. The van der Waals surface area contributed by atoms with Crippen LogP contribution in [-0.2, 0) is 0 Å². The van der Waals surface area contributed by atoms with Crippen molar-refractivity contribution in [3.8, 4) is 11.3 Å². The van der Waals surface area contributed by atoms with Crippen molar-refractivity contribution in [2.75, 3.05) is 0 Å². The van der Waals surface area contributed by atoms with Gasteiger partial charge in [0.1, 0.15) is 11.6 Å². The lowest BCUT2D eigenvalue weighted by molar-refractivity contribution is 0.0903. The largest absolute Gasteiger partial charge is 0.451 e. The summed E-state index contributed by atoms with van der Waals surface area (Å²) in [5, 5.41) is 6.54. The number of fused-ring (bicyclic) bond motifs is 2. The molecule has 2 saturated heterocycles. The molecule has 3 heterocycles. The van der Waals surface area contributed by atoms with E-state index in [4.69, 9.17) is 4.42 Å². The van der Waals surface area contributed by atoms with Gasteiger partial charge in [-0.15, -0.1) is 0 Å². The van der Waals surface area contributed by atoms with Crippen LogP contribution in [0, 0.1) is 5.82 Å². The number of hydrogen-bond acceptors (Lipinski definition) is 3. The molecule has 3 atom stereocenters. The maximum atomic E-state index is 12.9. The first-order chi connectivity index (χ1) is 10.7. The molecule has 2 N–H and O–H groups in total. The Bertz CT molecular complexity index is 695. The van der Waals surface area contributed by atoms with E-state index in [1.54, 1.807) is 24.3 Å². The average molecular weight is 300 g/mol. The summed E-state index contributed by atoms with van der Waals surface area (Å²) in [6, 6.07) is 10.5. The van der Waals surface area contributed by atoms with Crippen LogP contribution in [0.15, 0.2) is 40.8 Å². The molecule has 2 aromatic rings. The molecule has 2 fully saturated rings. The van der Waals surface area contributed by atoms with E-state index in [0.29, 0.717) is 23.6 Å². The fourth-order valence-electron chi connectivity index (χ4n) is 3.45. The number of carbonyl (C=O) groups excluding carboxylic acids is 1. The molecular formula is C17H17FN2O2. The molecule has 4 nitrogen and oxygen atoms in total. The van der Waals surface area contributed by atoms with Crippen molar-refractivity contribution in [3.05, 3.63) is 48.0 Å². The third kappa shape index (κ3) is 2.41. The number of furan rings is 1. The molecule has 114 valence electrons. The smallest absolute Gasteiger partial charge is 0.287 e. The van der Waals surface area contributed by atoms with Crippen LogP contribution in [0.2, 0.25) is 0 Å². The van der Waals surface area contributed by atoms with Crippen molar-refractivity contribution in [2.24, 2.45) is 0 Å². The van der Waals surface area contributed by atoms with E-state index in [9.17, 15) is 9.18 Å². The highest BCUT2D eigenvalue weighted by molar-refractivity contribution is 5.92. The molecule has 0 spiro atoms. The summed E-state index contributed by atoms with van der Waals surface area (Å²) < 4.78 is 18.5. The molecule has 5 heteroatoms. The number of rotatable bonds is 3. The summed E-state index contributed by atoms with van der Waals surface area (Å²) in [7, 11) is 0. The van der Waals surface area contributed by atoms with Gasteiger partial charge in [0.15, 0.2) is 5.76 Å². The van der Waals surface area contributed by atoms with Crippen LogP contribution in [0.1, 0.15) is 29.8 Å². The maximum absolute atomic E-state index is 12.9. The fraction of sp³-hybridized carbons (Fsp3) is 0.353. The molecule has 1 aromatic carbocycles. The Balaban J connectivity index is 1.46. The quantitative estimate of drug-likeness (QED) is 0.916. The number of hydrogen-bond donors (Lipinski definition) is 2. The minimum Gasteiger partial charge on any atom is -0.451 e. The van der Waals surface area contributed by atoms with Gasteiger partial charge in [0.25, 0.3) is 5.91 Å². The van der Waals surface area contributed by atoms with Gasteiger partial charge in [-0.25, -0.2) is 4.39 Å². The van der Waals surface area contributed by atoms with Gasteiger partial charge in [-0.05, 0) is 55.7 Å². The van der Waals surface area contributed by atoms with E-state index in [-0.39, 0.29) is 17.8 Å². The van der Waals surface area contributed by atoms with Gasteiger partial charge in [-0.2, -0.15) is 0 Å². The Hall–Kier alpha value is -2.14. The third-order valence-electron chi connectivity index (χ3n) is 4.58. The molecule has 2 aliphatic rings. The van der Waals surface area contributed by atoms with E-state index in [1.165, 1.54) is 18.6 Å². The van der Waals surface area contributed by atoms with Gasteiger partial charge in [0.2, 0.25) is 0 Å². The van der Waals surface area contributed by atoms with Crippen LogP contribution < -0.4 is 10.6 Å². The highest BCUT2D eigenvalue weighted by atomic mass is 19.1. The Morgan fingerprint density at radius 2 is 2.00 bits per heavy atom. The number of benzene rings is 1. The lowest BCUT2D eigenvalue weighted by Gasteiger charge is -2.20. The topological polar surface area (TPSA) is 54.3 Å². The van der Waals surface area contributed by atoms with Crippen LogP contribution in [-0.4, -0.2) is 24.0 Å². The van der Waals surface area contributed by atoms with Crippen LogP contribution in [0.4, 0.5) is 4.39 Å². The van der Waals surface area contributed by atoms with Gasteiger partial charge in [0, 0.05) is 23.7 Å². The molecule has 22 heavy (non-hydrogen) atoms. The summed E-state index contributed by atoms with van der Waals surface area (Å²) in [5.74, 6) is 0.378. The fourth-order valence-corrected chi connectivity index (χ4v) is 3.45. The van der Waals surface area contributed by atoms with Crippen LogP contribution in [0.5, 0.6) is 0 Å². The normalized spacial score (nSPS) is 26.3. The highest BCUT2D eigenvalue weighted by Gasteiger charge is 2.39. The average Bonchev–Trinajstić information content (AvgIpc) is 3.24. The van der Waals surface area contributed by atoms with E-state index < -0.39 is 0 Å². The van der Waals surface area contributed by atoms with Gasteiger partial charge in [-0.1, -0.05) is 0 Å². The van der Waals surface area contributed by atoms with E-state index in [1.807, 2.05) is 0 Å². The highest BCUT2D eigenvalue weighted by Crippen LogP contribution is 2.29. The summed E-state index contributed by atoms with van der Waals surface area (Å²) in [6.07, 6.45) is 3.31. The number of amides is 1. The van der Waals surface area contributed by atoms with Crippen molar-refractivity contribution in [1.29, 1.82) is 0 Å². The first-order valence-corrected chi connectivity index (χ1v) is 7.62. The molecule has 1 aromatic heterocycles. The summed E-state index contributed by atoms with van der Waals surface area (Å²) >= 11 is 0. The van der Waals surface area contributed by atoms with Crippen LogP contribution in [0.3, 0.4) is 0 Å². The van der Waals surface area contributed by atoms with Crippen molar-refractivity contribution in [2.45, 2.75) is 37.4 Å². The van der Waals surface area contributed by atoms with Crippen molar-refractivity contribution in [3.63, 3.8) is 0 Å². The number of nitrogens with one attached hydrogen (secondary N) is 2. The minimum atomic E-state index is -0.294. The summed E-state index contributed by atoms with van der Waals surface area (Å²) in [6.45, 7) is 0. The van der Waals surface area contributed by atoms with E-state index in [2.05, 4.69) is 10.6 Å². The Kier molecular flexibility index (Phi) is 3.22. The van der Waals surface area contributed by atoms with Crippen LogP contribution >= 0.6 is 0 Å². The monoisotopic (exact) mass is 300 g/mol. The minimum absolute atomic E-state index is 0.186. The maximum Gasteiger partial charge on any atom is 0.287 e. The lowest BCUT2D eigenvalue weighted by atomic mass is 9.95. The Morgan fingerprint density at radius 3 is 2.68 bits per heavy atom. The van der Waals surface area contributed by atoms with E-state index >= 15 is 0 Å². The predicted octanol–water partition coefficient (Wildman–Crippen LogP) is 2.71. The molecule has 2 unspecified atom stereocenters. The number of carbonyl (C=O) groups is 1. The Labute approximate surface area is 127 Å². The lowest BCUT2D eigenvalue weighted by Crippen LogP contribution is -2.42. The molecule has 0 radical (unpaired) electrons. The second-order valence-electron chi connectivity index (χ2n) is 6.03. The first-order valence-electron chi connectivity index (χ1n) is 7.62. The molecule has 4 rings (SSSR count). The second-order valence-corrected chi connectivity index (χ2v) is 6.03. The van der Waals surface area contributed by atoms with Gasteiger partial charge in [0.05, 0.1) is 0 Å². The molecule has 0 saturated carbocycles. The van der Waals surface area contributed by atoms with Crippen molar-refractivity contribution >= 4 is 5.91 Å². The summed E-state index contributed by atoms with van der Waals surface area (Å²) in [5.41, 5.74) is 0.752. The van der Waals surface area contributed by atoms with Gasteiger partial charge < -0.3 is 15.1 Å². The van der Waals surface area contributed by atoms with Crippen LogP contribution in [0.25, 0.3) is 11.3 Å². The zero-order valence-corrected chi connectivity index (χ0v) is 12.0. The van der Waals surface area contributed by atoms with Crippen molar-refractivity contribution < 1.29 is 13.6 Å². The van der Waals surface area contributed by atoms with Gasteiger partial charge in [-0.3, -0.25) is 4.79 Å². The zero-order chi connectivity index (χ0) is 15.1. The van der Waals surface area contributed by atoms with E-state index in [0.717, 1.165) is 18.4 Å².